The van der Waals surface area contributed by atoms with Crippen molar-refractivity contribution in [2.45, 2.75) is 24.8 Å². The molecule has 6 rings (SSSR count). The molecular weight excluding hydrogens is 432 g/mol. The minimum atomic E-state index is -0.890. The zero-order valence-corrected chi connectivity index (χ0v) is 19.8. The Morgan fingerprint density at radius 2 is 1.54 bits per heavy atom. The number of fused-ring (bicyclic) bond motifs is 1. The Balaban J connectivity index is 1.61. The SMILES string of the molecule is COc1ccc([C@@H]2C(c3ccccc3)=NN(c3ccc(C)cc3)[C@]23Cc2ccccc2C3=O)cc1. The van der Waals surface area contributed by atoms with E-state index in [4.69, 9.17) is 9.84 Å². The summed E-state index contributed by atoms with van der Waals surface area (Å²) in [5, 5.41) is 7.22. The van der Waals surface area contributed by atoms with Gasteiger partial charge in [-0.15, -0.1) is 0 Å². The van der Waals surface area contributed by atoms with E-state index >= 15 is 0 Å². The van der Waals surface area contributed by atoms with Crippen molar-refractivity contribution in [3.8, 4) is 5.75 Å². The maximum absolute atomic E-state index is 14.4. The first-order valence-electron chi connectivity index (χ1n) is 11.9. The van der Waals surface area contributed by atoms with Gasteiger partial charge in [-0.2, -0.15) is 5.10 Å². The van der Waals surface area contributed by atoms with E-state index in [1.807, 2.05) is 53.5 Å². The molecule has 0 saturated carbocycles. The average molecular weight is 459 g/mol. The number of aryl methyl sites for hydroxylation is 1. The number of hydrazone groups is 1. The summed E-state index contributed by atoms with van der Waals surface area (Å²) < 4.78 is 5.43. The van der Waals surface area contributed by atoms with Crippen LogP contribution in [0.1, 0.15) is 38.5 Å². The molecule has 0 radical (unpaired) electrons. The van der Waals surface area contributed by atoms with Gasteiger partial charge in [0, 0.05) is 12.0 Å². The second kappa shape index (κ2) is 8.24. The van der Waals surface area contributed by atoms with Gasteiger partial charge in [-0.25, -0.2) is 5.01 Å². The Bertz CT molecular complexity index is 1430. The van der Waals surface area contributed by atoms with Crippen LogP contribution in [-0.2, 0) is 6.42 Å². The molecule has 0 aromatic heterocycles. The van der Waals surface area contributed by atoms with Crippen LogP contribution in [0.4, 0.5) is 5.69 Å². The molecule has 4 nitrogen and oxygen atoms in total. The number of benzene rings is 4. The molecular formula is C31H26N2O2. The van der Waals surface area contributed by atoms with Gasteiger partial charge in [0.2, 0.25) is 0 Å². The number of anilines is 1. The lowest BCUT2D eigenvalue weighted by molar-refractivity contribution is 0.0899. The number of methoxy groups -OCH3 is 1. The van der Waals surface area contributed by atoms with Gasteiger partial charge in [0.05, 0.1) is 24.4 Å². The minimum absolute atomic E-state index is 0.115. The maximum atomic E-state index is 14.4. The number of ketones is 1. The van der Waals surface area contributed by atoms with E-state index in [0.717, 1.165) is 39.4 Å². The summed E-state index contributed by atoms with van der Waals surface area (Å²) in [4.78, 5) is 14.4. The fraction of sp³-hybridized carbons (Fsp3) is 0.161. The van der Waals surface area contributed by atoms with Gasteiger partial charge in [-0.05, 0) is 47.9 Å². The van der Waals surface area contributed by atoms with Gasteiger partial charge in [0.25, 0.3) is 0 Å². The lowest BCUT2D eigenvalue weighted by Gasteiger charge is -2.37. The van der Waals surface area contributed by atoms with Crippen LogP contribution in [0.5, 0.6) is 5.75 Å². The van der Waals surface area contributed by atoms with E-state index in [1.165, 1.54) is 5.56 Å². The Morgan fingerprint density at radius 3 is 2.23 bits per heavy atom. The lowest BCUT2D eigenvalue weighted by Crippen LogP contribution is -2.53. The first kappa shape index (κ1) is 21.4. The third-order valence-electron chi connectivity index (χ3n) is 7.25. The van der Waals surface area contributed by atoms with Crippen molar-refractivity contribution < 1.29 is 9.53 Å². The molecule has 35 heavy (non-hydrogen) atoms. The zero-order chi connectivity index (χ0) is 24.0. The quantitative estimate of drug-likeness (QED) is 0.366. The van der Waals surface area contributed by atoms with Crippen molar-refractivity contribution in [1.82, 2.24) is 0 Å². The van der Waals surface area contributed by atoms with E-state index in [9.17, 15) is 4.79 Å². The molecule has 0 bridgehead atoms. The fourth-order valence-electron chi connectivity index (χ4n) is 5.54. The Kier molecular flexibility index (Phi) is 5.03. The van der Waals surface area contributed by atoms with Crippen LogP contribution in [0.15, 0.2) is 108 Å². The molecule has 4 aromatic carbocycles. The molecule has 0 unspecified atom stereocenters. The van der Waals surface area contributed by atoms with Gasteiger partial charge >= 0.3 is 0 Å². The summed E-state index contributed by atoms with van der Waals surface area (Å²) in [6, 6.07) is 34.5. The molecule has 2 atom stereocenters. The molecule has 0 amide bonds. The lowest BCUT2D eigenvalue weighted by atomic mass is 9.72. The molecule has 172 valence electrons. The third kappa shape index (κ3) is 3.28. The predicted octanol–water partition coefficient (Wildman–Crippen LogP) is 6.19. The second-order valence-corrected chi connectivity index (χ2v) is 9.29. The van der Waals surface area contributed by atoms with E-state index < -0.39 is 5.54 Å². The van der Waals surface area contributed by atoms with E-state index in [1.54, 1.807) is 7.11 Å². The third-order valence-corrected chi connectivity index (χ3v) is 7.25. The summed E-state index contributed by atoms with van der Waals surface area (Å²) >= 11 is 0. The van der Waals surface area contributed by atoms with Crippen LogP contribution >= 0.6 is 0 Å². The maximum Gasteiger partial charge on any atom is 0.192 e. The fourth-order valence-corrected chi connectivity index (χ4v) is 5.54. The highest BCUT2D eigenvalue weighted by molar-refractivity contribution is 6.19. The summed E-state index contributed by atoms with van der Waals surface area (Å²) in [6.45, 7) is 2.07. The topological polar surface area (TPSA) is 41.9 Å². The standard InChI is InChI=1S/C31H26N2O2/c1-21-12-16-25(17-13-21)33-31(20-24-10-6-7-11-27(24)30(31)34)28(22-14-18-26(35-2)19-15-22)29(32-33)23-8-4-3-5-9-23/h3-19,28H,20H2,1-2H3/t28-,31-/m1/s1. The van der Waals surface area contributed by atoms with Crippen molar-refractivity contribution in [2.24, 2.45) is 5.10 Å². The molecule has 1 aliphatic heterocycles. The Labute approximate surface area is 205 Å². The highest BCUT2D eigenvalue weighted by atomic mass is 16.5. The summed E-state index contributed by atoms with van der Waals surface area (Å²) in [5.74, 6) is 0.650. The van der Waals surface area contributed by atoms with Crippen molar-refractivity contribution in [2.75, 3.05) is 12.1 Å². The van der Waals surface area contributed by atoms with Crippen molar-refractivity contribution >= 4 is 17.2 Å². The Morgan fingerprint density at radius 1 is 0.857 bits per heavy atom. The number of hydrogen-bond acceptors (Lipinski definition) is 4. The highest BCUT2D eigenvalue weighted by Crippen LogP contribution is 2.51. The van der Waals surface area contributed by atoms with Crippen LogP contribution in [0, 0.1) is 6.92 Å². The van der Waals surface area contributed by atoms with E-state index in [2.05, 4.69) is 61.5 Å². The Hall–Kier alpha value is -4.18. The smallest absolute Gasteiger partial charge is 0.192 e. The highest BCUT2D eigenvalue weighted by Gasteiger charge is 2.61. The summed E-state index contributed by atoms with van der Waals surface area (Å²) in [6.07, 6.45) is 0.590. The summed E-state index contributed by atoms with van der Waals surface area (Å²) in [5.41, 5.74) is 6.01. The average Bonchev–Trinajstić information content (AvgIpc) is 3.40. The van der Waals surface area contributed by atoms with Crippen LogP contribution in [0.3, 0.4) is 0 Å². The number of hydrogen-bond donors (Lipinski definition) is 0. The van der Waals surface area contributed by atoms with Gasteiger partial charge in [0.15, 0.2) is 5.78 Å². The van der Waals surface area contributed by atoms with Gasteiger partial charge in [0.1, 0.15) is 11.3 Å². The van der Waals surface area contributed by atoms with Crippen molar-refractivity contribution in [3.63, 3.8) is 0 Å². The normalized spacial score (nSPS) is 20.7. The molecule has 4 heteroatoms. The molecule has 1 spiro atoms. The predicted molar refractivity (Wildman–Crippen MR) is 140 cm³/mol. The largest absolute Gasteiger partial charge is 0.497 e. The van der Waals surface area contributed by atoms with Crippen LogP contribution in [-0.4, -0.2) is 24.1 Å². The van der Waals surface area contributed by atoms with Crippen LogP contribution in [0.2, 0.25) is 0 Å². The molecule has 4 aromatic rings. The monoisotopic (exact) mass is 458 g/mol. The second-order valence-electron chi connectivity index (χ2n) is 9.29. The first-order valence-corrected chi connectivity index (χ1v) is 11.9. The number of carbonyl (C=O) groups excluding carboxylic acids is 1. The molecule has 0 N–H and O–H groups in total. The van der Waals surface area contributed by atoms with Gasteiger partial charge in [-0.3, -0.25) is 4.79 Å². The molecule has 0 fully saturated rings. The van der Waals surface area contributed by atoms with E-state index in [-0.39, 0.29) is 11.7 Å². The number of rotatable bonds is 4. The number of nitrogens with zero attached hydrogens (tertiary/aromatic N) is 2. The number of Topliss-reactive ketones (excluding diaryl/α,β-unsaturated/α-hetero) is 1. The van der Waals surface area contributed by atoms with Gasteiger partial charge < -0.3 is 4.74 Å². The van der Waals surface area contributed by atoms with Crippen molar-refractivity contribution in [1.29, 1.82) is 0 Å². The molecule has 2 aliphatic rings. The van der Waals surface area contributed by atoms with Gasteiger partial charge in [-0.1, -0.05) is 84.4 Å². The van der Waals surface area contributed by atoms with Crippen LogP contribution in [0.25, 0.3) is 0 Å². The molecule has 1 heterocycles. The van der Waals surface area contributed by atoms with Crippen LogP contribution < -0.4 is 9.75 Å². The zero-order valence-electron chi connectivity index (χ0n) is 19.8. The summed E-state index contributed by atoms with van der Waals surface area (Å²) in [7, 11) is 1.67. The molecule has 1 aliphatic carbocycles. The first-order chi connectivity index (χ1) is 17.1. The minimum Gasteiger partial charge on any atom is -0.497 e. The number of ether oxygens (including phenoxy) is 1. The number of carbonyl (C=O) groups is 1. The van der Waals surface area contributed by atoms with E-state index in [0.29, 0.717) is 6.42 Å². The van der Waals surface area contributed by atoms with Crippen molar-refractivity contribution in [3.05, 3.63) is 131 Å². The molecule has 0 saturated heterocycles.